The number of nitrogens with one attached hydrogen (secondary N) is 1. The second-order valence-electron chi connectivity index (χ2n) is 5.24. The fourth-order valence-electron chi connectivity index (χ4n) is 2.71. The molecule has 2 aromatic carbocycles. The average molecular weight is 305 g/mol. The Morgan fingerprint density at radius 2 is 1.71 bits per heavy atom. The van der Waals surface area contributed by atoms with Gasteiger partial charge in [0.15, 0.2) is 0 Å². The quantitative estimate of drug-likeness (QED) is 0.890. The molecule has 1 aliphatic heterocycles. The first kappa shape index (κ1) is 14.5. The minimum atomic E-state index is -0.233. The van der Waals surface area contributed by atoms with Crippen LogP contribution in [0.2, 0.25) is 0 Å². The molecule has 0 aliphatic carbocycles. The first-order valence-electron chi connectivity index (χ1n) is 7.16. The molecule has 0 unspecified atom stereocenters. The molecule has 1 N–H and O–H groups in total. The van der Waals surface area contributed by atoms with Crippen LogP contribution in [0.25, 0.3) is 0 Å². The number of benzene rings is 2. The number of hydrogen-bond donors (Lipinski definition) is 1. The fraction of sp³-hybridized carbons (Fsp3) is 0.294. The van der Waals surface area contributed by atoms with Crippen LogP contribution in [0.15, 0.2) is 52.3 Å². The number of halogens is 2. The maximum absolute atomic E-state index is 13.8. The van der Waals surface area contributed by atoms with Crippen LogP contribution in [0.1, 0.15) is 24.3 Å². The normalized spacial score (nSPS) is 16.1. The second kappa shape index (κ2) is 6.58. The Hall–Kier alpha value is -1.39. The van der Waals surface area contributed by atoms with Crippen molar-refractivity contribution < 1.29 is 8.78 Å². The van der Waals surface area contributed by atoms with Crippen molar-refractivity contribution in [2.75, 3.05) is 13.1 Å². The van der Waals surface area contributed by atoms with Crippen molar-refractivity contribution in [3.8, 4) is 0 Å². The van der Waals surface area contributed by atoms with Crippen molar-refractivity contribution in [2.45, 2.75) is 28.6 Å². The zero-order chi connectivity index (χ0) is 14.7. The maximum atomic E-state index is 13.8. The highest BCUT2D eigenvalue weighted by Crippen LogP contribution is 2.38. The molecule has 1 fully saturated rings. The molecule has 3 rings (SSSR count). The van der Waals surface area contributed by atoms with E-state index >= 15 is 0 Å². The molecular formula is C17H17F2NS. The van der Waals surface area contributed by atoms with Crippen molar-refractivity contribution >= 4 is 11.8 Å². The van der Waals surface area contributed by atoms with Crippen LogP contribution in [-0.2, 0) is 0 Å². The summed E-state index contributed by atoms with van der Waals surface area (Å²) >= 11 is 1.38. The topological polar surface area (TPSA) is 12.0 Å². The van der Waals surface area contributed by atoms with E-state index in [-0.39, 0.29) is 11.6 Å². The fourth-order valence-corrected chi connectivity index (χ4v) is 3.74. The lowest BCUT2D eigenvalue weighted by atomic mass is 9.90. The van der Waals surface area contributed by atoms with E-state index in [0.29, 0.717) is 10.8 Å². The van der Waals surface area contributed by atoms with E-state index in [4.69, 9.17) is 0 Å². The van der Waals surface area contributed by atoms with Gasteiger partial charge >= 0.3 is 0 Å². The largest absolute Gasteiger partial charge is 0.317 e. The van der Waals surface area contributed by atoms with Crippen molar-refractivity contribution in [3.05, 3.63) is 59.7 Å². The summed E-state index contributed by atoms with van der Waals surface area (Å²) in [5.41, 5.74) is 1.00. The minimum absolute atomic E-state index is 0.221. The Morgan fingerprint density at radius 1 is 0.952 bits per heavy atom. The molecule has 0 bridgehead atoms. The molecule has 0 saturated carbocycles. The summed E-state index contributed by atoms with van der Waals surface area (Å²) in [5, 5.41) is 3.32. The summed E-state index contributed by atoms with van der Waals surface area (Å²) in [4.78, 5) is 1.53. The number of hydrogen-bond acceptors (Lipinski definition) is 2. The predicted octanol–water partition coefficient (Wildman–Crippen LogP) is 4.58. The molecule has 1 heterocycles. The zero-order valence-electron chi connectivity index (χ0n) is 11.6. The Bertz CT molecular complexity index is 624. The molecule has 21 heavy (non-hydrogen) atoms. The third kappa shape index (κ3) is 3.44. The lowest BCUT2D eigenvalue weighted by Crippen LogP contribution is -2.26. The Labute approximate surface area is 127 Å². The van der Waals surface area contributed by atoms with E-state index in [1.54, 1.807) is 24.3 Å². The van der Waals surface area contributed by atoms with Gasteiger partial charge in [0.2, 0.25) is 0 Å². The van der Waals surface area contributed by atoms with E-state index < -0.39 is 0 Å². The van der Waals surface area contributed by atoms with Gasteiger partial charge in [-0.3, -0.25) is 0 Å². The molecule has 0 spiro atoms. The van der Waals surface area contributed by atoms with Gasteiger partial charge in [0, 0.05) is 9.79 Å². The van der Waals surface area contributed by atoms with Crippen molar-refractivity contribution in [1.29, 1.82) is 0 Å². The molecule has 4 heteroatoms. The van der Waals surface area contributed by atoms with Gasteiger partial charge in [0.25, 0.3) is 0 Å². The molecule has 110 valence electrons. The van der Waals surface area contributed by atoms with Crippen LogP contribution in [0.3, 0.4) is 0 Å². The molecule has 2 aromatic rings. The van der Waals surface area contributed by atoms with E-state index in [1.165, 1.54) is 23.9 Å². The molecule has 0 atom stereocenters. The molecule has 1 saturated heterocycles. The lowest BCUT2D eigenvalue weighted by molar-refractivity contribution is 0.454. The summed E-state index contributed by atoms with van der Waals surface area (Å²) in [5.74, 6) is -0.110. The Kier molecular flexibility index (Phi) is 4.56. The standard InChI is InChI=1S/C17H17F2NS/c18-13-5-6-16(21-17-4-2-1-3-15(17)19)14(11-13)12-7-9-20-10-8-12/h1-6,11-12,20H,7-10H2. The van der Waals surface area contributed by atoms with Crippen molar-refractivity contribution in [3.63, 3.8) is 0 Å². The van der Waals surface area contributed by atoms with Gasteiger partial charge < -0.3 is 5.32 Å². The molecule has 0 aromatic heterocycles. The summed E-state index contributed by atoms with van der Waals surface area (Å²) in [6.45, 7) is 1.90. The summed E-state index contributed by atoms with van der Waals surface area (Å²) in [6.07, 6.45) is 1.99. The lowest BCUT2D eigenvalue weighted by Gasteiger charge is -2.25. The van der Waals surface area contributed by atoms with Gasteiger partial charge in [0.1, 0.15) is 11.6 Å². The van der Waals surface area contributed by atoms with Gasteiger partial charge in [-0.1, -0.05) is 23.9 Å². The SMILES string of the molecule is Fc1ccc(Sc2ccccc2F)c(C2CCNCC2)c1. The number of piperidine rings is 1. The Morgan fingerprint density at radius 3 is 2.48 bits per heavy atom. The van der Waals surface area contributed by atoms with Crippen LogP contribution in [0.4, 0.5) is 8.78 Å². The van der Waals surface area contributed by atoms with Gasteiger partial charge in [-0.15, -0.1) is 0 Å². The van der Waals surface area contributed by atoms with E-state index in [0.717, 1.165) is 36.4 Å². The summed E-state index contributed by atoms with van der Waals surface area (Å²) < 4.78 is 27.4. The highest BCUT2D eigenvalue weighted by Gasteiger charge is 2.20. The van der Waals surface area contributed by atoms with E-state index in [2.05, 4.69) is 5.32 Å². The highest BCUT2D eigenvalue weighted by atomic mass is 32.2. The smallest absolute Gasteiger partial charge is 0.137 e. The number of rotatable bonds is 3. The summed E-state index contributed by atoms with van der Waals surface area (Å²) in [6, 6.07) is 11.5. The average Bonchev–Trinajstić information content (AvgIpc) is 2.52. The molecule has 1 aliphatic rings. The minimum Gasteiger partial charge on any atom is -0.317 e. The summed E-state index contributed by atoms with van der Waals surface area (Å²) in [7, 11) is 0. The Balaban J connectivity index is 1.92. The van der Waals surface area contributed by atoms with E-state index in [1.807, 2.05) is 6.07 Å². The first-order valence-corrected chi connectivity index (χ1v) is 7.98. The van der Waals surface area contributed by atoms with Crippen LogP contribution < -0.4 is 5.32 Å². The van der Waals surface area contributed by atoms with Gasteiger partial charge in [0.05, 0.1) is 0 Å². The second-order valence-corrected chi connectivity index (χ2v) is 6.32. The third-order valence-electron chi connectivity index (χ3n) is 3.81. The van der Waals surface area contributed by atoms with Crippen LogP contribution in [0.5, 0.6) is 0 Å². The molecule has 0 radical (unpaired) electrons. The van der Waals surface area contributed by atoms with Gasteiger partial charge in [-0.2, -0.15) is 0 Å². The monoisotopic (exact) mass is 305 g/mol. The highest BCUT2D eigenvalue weighted by molar-refractivity contribution is 7.99. The maximum Gasteiger partial charge on any atom is 0.137 e. The molecule has 0 amide bonds. The van der Waals surface area contributed by atoms with Crippen molar-refractivity contribution in [1.82, 2.24) is 5.32 Å². The third-order valence-corrected chi connectivity index (χ3v) is 4.95. The van der Waals surface area contributed by atoms with Crippen molar-refractivity contribution in [2.24, 2.45) is 0 Å². The molecule has 1 nitrogen and oxygen atoms in total. The zero-order valence-corrected chi connectivity index (χ0v) is 12.4. The van der Waals surface area contributed by atoms with E-state index in [9.17, 15) is 8.78 Å². The predicted molar refractivity (Wildman–Crippen MR) is 81.8 cm³/mol. The van der Waals surface area contributed by atoms with Crippen LogP contribution >= 0.6 is 11.8 Å². The van der Waals surface area contributed by atoms with Crippen LogP contribution in [-0.4, -0.2) is 13.1 Å². The first-order chi connectivity index (χ1) is 10.2. The van der Waals surface area contributed by atoms with Gasteiger partial charge in [-0.05, 0) is 67.7 Å². The van der Waals surface area contributed by atoms with Gasteiger partial charge in [-0.25, -0.2) is 8.78 Å². The molecular weight excluding hydrogens is 288 g/mol. The van der Waals surface area contributed by atoms with Crippen LogP contribution in [0, 0.1) is 11.6 Å².